The number of aromatic nitrogens is 2. The maximum Gasteiger partial charge on any atom is 0.356 e. The summed E-state index contributed by atoms with van der Waals surface area (Å²) in [4.78, 5) is 41.2. The Labute approximate surface area is 159 Å². The average Bonchev–Trinajstić information content (AvgIpc) is 3.12. The van der Waals surface area contributed by atoms with E-state index in [1.807, 2.05) is 20.8 Å². The molecule has 1 unspecified atom stereocenters. The number of carbonyl (C=O) groups excluding carboxylic acids is 3. The summed E-state index contributed by atoms with van der Waals surface area (Å²) in [5.74, 6) is -0.759. The molecule has 1 aromatic heterocycles. The largest absolute Gasteiger partial charge is 0.461 e. The fourth-order valence-corrected chi connectivity index (χ4v) is 3.92. The van der Waals surface area contributed by atoms with Gasteiger partial charge in [-0.1, -0.05) is 0 Å². The van der Waals surface area contributed by atoms with Gasteiger partial charge in [0.1, 0.15) is 0 Å². The molecule has 0 bridgehead atoms. The van der Waals surface area contributed by atoms with Gasteiger partial charge in [-0.05, 0) is 27.7 Å². The van der Waals surface area contributed by atoms with Gasteiger partial charge < -0.3 is 14.5 Å². The fraction of sp³-hybridized carbons (Fsp3) is 0.684. The van der Waals surface area contributed by atoms with E-state index in [0.717, 1.165) is 11.3 Å². The smallest absolute Gasteiger partial charge is 0.356 e. The Hall–Kier alpha value is -2.38. The first-order valence-electron chi connectivity index (χ1n) is 9.44. The van der Waals surface area contributed by atoms with E-state index in [1.165, 1.54) is 4.68 Å². The molecular weight excluding hydrogens is 348 g/mol. The van der Waals surface area contributed by atoms with Gasteiger partial charge in [-0.3, -0.25) is 14.3 Å². The Morgan fingerprint density at radius 1 is 1.30 bits per heavy atom. The van der Waals surface area contributed by atoms with Crippen molar-refractivity contribution in [2.24, 2.45) is 13.0 Å². The molecule has 8 nitrogen and oxygen atoms in total. The molecule has 2 aliphatic rings. The van der Waals surface area contributed by atoms with Gasteiger partial charge in [-0.2, -0.15) is 5.10 Å². The van der Waals surface area contributed by atoms with Crippen LogP contribution in [0.25, 0.3) is 0 Å². The molecule has 3 heterocycles. The lowest BCUT2D eigenvalue weighted by molar-refractivity contribution is -0.136. The average molecular weight is 376 g/mol. The van der Waals surface area contributed by atoms with Crippen LogP contribution in [0.15, 0.2) is 0 Å². The van der Waals surface area contributed by atoms with Crippen LogP contribution in [0, 0.1) is 5.92 Å². The van der Waals surface area contributed by atoms with E-state index in [9.17, 15) is 14.4 Å². The molecule has 0 radical (unpaired) electrons. The monoisotopic (exact) mass is 376 g/mol. The number of nitrogens with zero attached hydrogens (tertiary/aromatic N) is 4. The number of fused-ring (bicyclic) bond motifs is 1. The van der Waals surface area contributed by atoms with E-state index in [4.69, 9.17) is 4.74 Å². The van der Waals surface area contributed by atoms with E-state index in [-0.39, 0.29) is 36.3 Å². The van der Waals surface area contributed by atoms with E-state index in [1.54, 1.807) is 23.8 Å². The SMILES string of the molecule is CCOC(=O)c1c2c(nn1C)CCN(C(=O)C1CC(=O)N(C(C)(C)C)C1)C2. The molecule has 8 heteroatoms. The fourth-order valence-electron chi connectivity index (χ4n) is 3.92. The molecule has 3 rings (SSSR count). The van der Waals surface area contributed by atoms with Crippen molar-refractivity contribution in [2.75, 3.05) is 19.7 Å². The quantitative estimate of drug-likeness (QED) is 0.739. The number of rotatable bonds is 3. The summed E-state index contributed by atoms with van der Waals surface area (Å²) < 4.78 is 6.68. The van der Waals surface area contributed by atoms with E-state index in [2.05, 4.69) is 5.10 Å². The minimum absolute atomic E-state index is 0.0205. The van der Waals surface area contributed by atoms with Crippen LogP contribution in [0.5, 0.6) is 0 Å². The predicted molar refractivity (Wildman–Crippen MR) is 97.9 cm³/mol. The lowest BCUT2D eigenvalue weighted by Crippen LogP contribution is -2.44. The summed E-state index contributed by atoms with van der Waals surface area (Å²) in [6.07, 6.45) is 0.842. The molecule has 148 valence electrons. The highest BCUT2D eigenvalue weighted by atomic mass is 16.5. The van der Waals surface area contributed by atoms with Gasteiger partial charge in [0.25, 0.3) is 0 Å². The maximum absolute atomic E-state index is 13.0. The second kappa shape index (κ2) is 6.98. The Morgan fingerprint density at radius 3 is 2.59 bits per heavy atom. The first-order chi connectivity index (χ1) is 12.6. The molecule has 27 heavy (non-hydrogen) atoms. The van der Waals surface area contributed by atoms with Crippen LogP contribution in [-0.2, 0) is 34.3 Å². The zero-order valence-corrected chi connectivity index (χ0v) is 16.7. The molecule has 1 saturated heterocycles. The van der Waals surface area contributed by atoms with Crippen molar-refractivity contribution in [1.82, 2.24) is 19.6 Å². The van der Waals surface area contributed by atoms with Gasteiger partial charge in [-0.15, -0.1) is 0 Å². The molecule has 0 N–H and O–H groups in total. The number of esters is 1. The van der Waals surface area contributed by atoms with Crippen molar-refractivity contribution in [3.63, 3.8) is 0 Å². The van der Waals surface area contributed by atoms with Gasteiger partial charge in [0, 0.05) is 50.6 Å². The normalized spacial score (nSPS) is 20.0. The van der Waals surface area contributed by atoms with Crippen LogP contribution >= 0.6 is 0 Å². The zero-order valence-electron chi connectivity index (χ0n) is 16.7. The van der Waals surface area contributed by atoms with Gasteiger partial charge in [-0.25, -0.2) is 4.79 Å². The van der Waals surface area contributed by atoms with Crippen molar-refractivity contribution in [3.8, 4) is 0 Å². The Balaban J connectivity index is 1.77. The molecule has 1 fully saturated rings. The number of likely N-dealkylation sites (tertiary alicyclic amines) is 1. The summed E-state index contributed by atoms with van der Waals surface area (Å²) in [6.45, 7) is 9.30. The number of hydrogen-bond donors (Lipinski definition) is 0. The molecule has 2 aliphatic heterocycles. The molecule has 0 aliphatic carbocycles. The molecule has 2 amide bonds. The molecule has 0 spiro atoms. The Morgan fingerprint density at radius 2 is 2.00 bits per heavy atom. The second-order valence-electron chi connectivity index (χ2n) is 8.20. The van der Waals surface area contributed by atoms with Crippen molar-refractivity contribution in [1.29, 1.82) is 0 Å². The predicted octanol–water partition coefficient (Wildman–Crippen LogP) is 1.13. The van der Waals surface area contributed by atoms with E-state index in [0.29, 0.717) is 31.7 Å². The topological polar surface area (TPSA) is 84.7 Å². The lowest BCUT2D eigenvalue weighted by atomic mass is 10.0. The minimum atomic E-state index is -0.419. The van der Waals surface area contributed by atoms with Crippen LogP contribution < -0.4 is 0 Å². The minimum Gasteiger partial charge on any atom is -0.461 e. The highest BCUT2D eigenvalue weighted by molar-refractivity contribution is 5.91. The van der Waals surface area contributed by atoms with Crippen molar-refractivity contribution in [2.45, 2.75) is 52.6 Å². The summed E-state index contributed by atoms with van der Waals surface area (Å²) in [7, 11) is 1.72. The number of hydrogen-bond acceptors (Lipinski definition) is 5. The van der Waals surface area contributed by atoms with Crippen molar-refractivity contribution >= 4 is 17.8 Å². The number of amides is 2. The van der Waals surface area contributed by atoms with Crippen molar-refractivity contribution in [3.05, 3.63) is 17.0 Å². The highest BCUT2D eigenvalue weighted by Crippen LogP contribution is 2.29. The van der Waals surface area contributed by atoms with E-state index >= 15 is 0 Å². The van der Waals surface area contributed by atoms with Crippen LogP contribution in [0.3, 0.4) is 0 Å². The molecule has 0 aromatic carbocycles. The Kier molecular flexibility index (Phi) is 5.01. The number of aryl methyl sites for hydroxylation is 1. The molecule has 1 atom stereocenters. The number of ether oxygens (including phenoxy) is 1. The highest BCUT2D eigenvalue weighted by Gasteiger charge is 2.42. The Bertz CT molecular complexity index is 777. The number of carbonyl (C=O) groups is 3. The van der Waals surface area contributed by atoms with Crippen molar-refractivity contribution < 1.29 is 19.1 Å². The first-order valence-corrected chi connectivity index (χ1v) is 9.44. The van der Waals surface area contributed by atoms with Crippen LogP contribution in [-0.4, -0.2) is 62.6 Å². The molecular formula is C19H28N4O4. The van der Waals surface area contributed by atoms with Crippen LogP contribution in [0.4, 0.5) is 0 Å². The third-order valence-corrected chi connectivity index (χ3v) is 5.26. The lowest BCUT2D eigenvalue weighted by Gasteiger charge is -2.33. The third-order valence-electron chi connectivity index (χ3n) is 5.26. The van der Waals surface area contributed by atoms with E-state index < -0.39 is 5.97 Å². The van der Waals surface area contributed by atoms with Gasteiger partial charge in [0.2, 0.25) is 11.8 Å². The van der Waals surface area contributed by atoms with Gasteiger partial charge in [0.05, 0.1) is 18.2 Å². The summed E-state index contributed by atoms with van der Waals surface area (Å²) >= 11 is 0. The summed E-state index contributed by atoms with van der Waals surface area (Å²) in [6, 6.07) is 0. The molecule has 1 aromatic rings. The van der Waals surface area contributed by atoms with Gasteiger partial charge in [0.15, 0.2) is 5.69 Å². The second-order valence-corrected chi connectivity index (χ2v) is 8.20. The molecule has 0 saturated carbocycles. The van der Waals surface area contributed by atoms with Crippen LogP contribution in [0.2, 0.25) is 0 Å². The zero-order chi connectivity index (χ0) is 19.9. The summed E-state index contributed by atoms with van der Waals surface area (Å²) in [5, 5.41) is 4.42. The maximum atomic E-state index is 13.0. The van der Waals surface area contributed by atoms with Gasteiger partial charge >= 0.3 is 5.97 Å². The standard InChI is InChI=1S/C19H28N4O4/c1-6-27-18(26)16-13-11-22(8-7-14(13)20-21(16)5)17(25)12-9-15(24)23(10-12)19(2,3)4/h12H,6-11H2,1-5H3. The van der Waals surface area contributed by atoms with Crippen LogP contribution in [0.1, 0.15) is 55.9 Å². The summed E-state index contributed by atoms with van der Waals surface area (Å²) in [5.41, 5.74) is 1.71. The first kappa shape index (κ1) is 19.4. The third kappa shape index (κ3) is 3.57.